The molecule has 4 fully saturated rings. The smallest absolute Gasteiger partial charge is 0.400 e. The van der Waals surface area contributed by atoms with Gasteiger partial charge in [-0.05, 0) is 104 Å². The molecule has 0 aromatic heterocycles. The van der Waals surface area contributed by atoms with Crippen LogP contribution in [0.3, 0.4) is 0 Å². The van der Waals surface area contributed by atoms with Gasteiger partial charge >= 0.3 is 13.7 Å². The largest absolute Gasteiger partial charge is 0.481 e. The minimum absolute atomic E-state index is 0.0886. The highest BCUT2D eigenvalue weighted by atomic mass is 31.2. The van der Waals surface area contributed by atoms with Crippen molar-refractivity contribution in [3.8, 4) is 0 Å². The summed E-state index contributed by atoms with van der Waals surface area (Å²) in [5.74, 6) is 1.36. The molecule has 0 amide bonds. The quantitative estimate of drug-likeness (QED) is 0.368. The molecule has 6 unspecified atom stereocenters. The Balaban J connectivity index is 1.64. The van der Waals surface area contributed by atoms with Crippen LogP contribution in [-0.2, 0) is 9.36 Å². The van der Waals surface area contributed by atoms with Crippen LogP contribution >= 0.6 is 7.75 Å². The van der Waals surface area contributed by atoms with E-state index in [0.29, 0.717) is 36.5 Å². The molecule has 0 spiro atoms. The van der Waals surface area contributed by atoms with Crippen molar-refractivity contribution in [1.82, 2.24) is 5.09 Å². The van der Waals surface area contributed by atoms with Crippen LogP contribution in [0.25, 0.3) is 0 Å². The van der Waals surface area contributed by atoms with E-state index >= 15 is 0 Å². The van der Waals surface area contributed by atoms with Crippen molar-refractivity contribution in [1.29, 1.82) is 0 Å². The van der Waals surface area contributed by atoms with Gasteiger partial charge in [-0.1, -0.05) is 20.8 Å². The van der Waals surface area contributed by atoms with E-state index in [1.807, 2.05) is 0 Å². The van der Waals surface area contributed by atoms with Crippen molar-refractivity contribution >= 4 is 13.7 Å². The lowest BCUT2D eigenvalue weighted by molar-refractivity contribution is -0.141. The highest BCUT2D eigenvalue weighted by Crippen LogP contribution is 2.68. The molecule has 0 aromatic rings. The van der Waals surface area contributed by atoms with Gasteiger partial charge in [-0.2, -0.15) is 0 Å². The fourth-order valence-electron chi connectivity index (χ4n) is 9.12. The van der Waals surface area contributed by atoms with Crippen molar-refractivity contribution in [2.24, 2.45) is 46.3 Å². The number of nitrogens with one attached hydrogen (secondary N) is 1. The van der Waals surface area contributed by atoms with Crippen molar-refractivity contribution in [2.75, 3.05) is 0 Å². The monoisotopic (exact) mass is 471 g/mol. The number of aliphatic carboxylic acids is 1. The van der Waals surface area contributed by atoms with Crippen LogP contribution in [0, 0.1) is 46.3 Å². The molecule has 4 rings (SSSR count). The highest BCUT2D eigenvalue weighted by Gasteiger charge is 2.63. The minimum atomic E-state index is -4.37. The Bertz CT molecular complexity index is 772. The average molecular weight is 472 g/mol. The Kier molecular flexibility index (Phi) is 6.66. The van der Waals surface area contributed by atoms with E-state index in [2.05, 4.69) is 25.9 Å². The van der Waals surface area contributed by atoms with Crippen molar-refractivity contribution in [3.05, 3.63) is 0 Å². The van der Waals surface area contributed by atoms with Gasteiger partial charge in [0.05, 0.1) is 6.10 Å². The van der Waals surface area contributed by atoms with Crippen LogP contribution in [0.1, 0.15) is 85.0 Å². The summed E-state index contributed by atoms with van der Waals surface area (Å²) in [7, 11) is -4.37. The van der Waals surface area contributed by atoms with Crippen LogP contribution in [0.15, 0.2) is 0 Å². The van der Waals surface area contributed by atoms with Gasteiger partial charge < -0.3 is 20.0 Å². The second-order valence-corrected chi connectivity index (χ2v) is 13.4. The molecule has 184 valence electrons. The molecule has 8 heteroatoms. The number of carboxylic acid groups (broad SMARTS) is 1. The van der Waals surface area contributed by atoms with Crippen LogP contribution in [0.4, 0.5) is 0 Å². The first-order valence-corrected chi connectivity index (χ1v) is 14.2. The number of hydrogen-bond donors (Lipinski definition) is 5. The SMILES string of the molecule is C[C@H](CCC(=O)O)C1CC[C@H]2C3C(NP(=O)(O)O)CC4C[C@H](O)CCC4(C)[C@H]3CCC12C. The number of fused-ring (bicyclic) bond motifs is 5. The molecule has 32 heavy (non-hydrogen) atoms. The van der Waals surface area contributed by atoms with Crippen LogP contribution in [0.5, 0.6) is 0 Å². The maximum Gasteiger partial charge on any atom is 0.400 e. The minimum Gasteiger partial charge on any atom is -0.481 e. The third-order valence-electron chi connectivity index (χ3n) is 10.6. The first-order chi connectivity index (χ1) is 14.8. The molecule has 0 aliphatic heterocycles. The second-order valence-electron chi connectivity index (χ2n) is 12.1. The Morgan fingerprint density at radius 3 is 2.38 bits per heavy atom. The second kappa shape index (κ2) is 8.64. The maximum atomic E-state index is 12.1. The molecular weight excluding hydrogens is 429 g/mol. The number of aliphatic hydroxyl groups is 1. The molecule has 0 saturated heterocycles. The summed E-state index contributed by atoms with van der Waals surface area (Å²) in [6.07, 6.45) is 8.15. The van der Waals surface area contributed by atoms with E-state index in [0.717, 1.165) is 44.9 Å². The number of hydrogen-bond acceptors (Lipinski definition) is 3. The summed E-state index contributed by atoms with van der Waals surface area (Å²) in [5, 5.41) is 22.2. The molecule has 5 N–H and O–H groups in total. The Labute approximate surface area is 192 Å². The van der Waals surface area contributed by atoms with E-state index < -0.39 is 13.7 Å². The molecule has 10 atom stereocenters. The number of carboxylic acids is 1. The van der Waals surface area contributed by atoms with Crippen LogP contribution in [0.2, 0.25) is 0 Å². The van der Waals surface area contributed by atoms with Crippen molar-refractivity contribution in [3.63, 3.8) is 0 Å². The molecule has 7 nitrogen and oxygen atoms in total. The van der Waals surface area contributed by atoms with Gasteiger partial charge in [-0.3, -0.25) is 4.79 Å². The van der Waals surface area contributed by atoms with Gasteiger partial charge in [0.25, 0.3) is 0 Å². The standard InChI is InChI=1S/C24H42NO6P/c1-14(4-7-21(27)28)17-5-6-18-22-19(9-11-24(17,18)3)23(2)10-8-16(26)12-15(23)13-20(22)25-32(29,30)31/h14-20,22,26H,4-13H2,1-3H3,(H,27,28)(H3,25,29,30,31)/t14-,15?,16-,17?,18+,19+,20?,22?,23?,24?/m1/s1. The number of rotatable bonds is 6. The van der Waals surface area contributed by atoms with Crippen molar-refractivity contribution < 1.29 is 29.4 Å². The lowest BCUT2D eigenvalue weighted by atomic mass is 9.43. The van der Waals surface area contributed by atoms with E-state index in [1.165, 1.54) is 0 Å². The van der Waals surface area contributed by atoms with Gasteiger partial charge in [0.2, 0.25) is 0 Å². The zero-order chi connectivity index (χ0) is 23.5. The van der Waals surface area contributed by atoms with Gasteiger partial charge in [0, 0.05) is 12.5 Å². The first kappa shape index (κ1) is 24.7. The topological polar surface area (TPSA) is 127 Å². The predicted octanol–water partition coefficient (Wildman–Crippen LogP) is 4.17. The summed E-state index contributed by atoms with van der Waals surface area (Å²) < 4.78 is 12.1. The molecular formula is C24H42NO6P. The normalized spacial score (nSPS) is 47.2. The summed E-state index contributed by atoms with van der Waals surface area (Å²) in [4.78, 5) is 30.8. The van der Waals surface area contributed by atoms with Crippen LogP contribution < -0.4 is 5.09 Å². The molecule has 4 aliphatic rings. The third-order valence-corrected chi connectivity index (χ3v) is 11.3. The Morgan fingerprint density at radius 1 is 1.06 bits per heavy atom. The van der Waals surface area contributed by atoms with Crippen molar-refractivity contribution in [2.45, 2.75) is 97.1 Å². The fourth-order valence-corrected chi connectivity index (χ4v) is 9.83. The zero-order valence-corrected chi connectivity index (χ0v) is 20.6. The molecule has 0 heterocycles. The zero-order valence-electron chi connectivity index (χ0n) is 19.7. The van der Waals surface area contributed by atoms with E-state index in [1.54, 1.807) is 0 Å². The summed E-state index contributed by atoms with van der Waals surface area (Å²) >= 11 is 0. The molecule has 4 aliphatic carbocycles. The van der Waals surface area contributed by atoms with Gasteiger partial charge in [0.15, 0.2) is 0 Å². The molecule has 0 aromatic carbocycles. The van der Waals surface area contributed by atoms with E-state index in [4.69, 9.17) is 5.11 Å². The van der Waals surface area contributed by atoms with E-state index in [-0.39, 0.29) is 41.2 Å². The lowest BCUT2D eigenvalue weighted by Gasteiger charge is -2.63. The Morgan fingerprint density at radius 2 is 1.72 bits per heavy atom. The van der Waals surface area contributed by atoms with Gasteiger partial charge in [-0.15, -0.1) is 0 Å². The maximum absolute atomic E-state index is 12.1. The van der Waals surface area contributed by atoms with E-state index in [9.17, 15) is 24.3 Å². The first-order valence-electron chi connectivity index (χ1n) is 12.6. The lowest BCUT2D eigenvalue weighted by Crippen LogP contribution is -2.61. The fraction of sp³-hybridized carbons (Fsp3) is 0.958. The highest BCUT2D eigenvalue weighted by molar-refractivity contribution is 7.49. The average Bonchev–Trinajstić information content (AvgIpc) is 3.03. The third kappa shape index (κ3) is 4.33. The number of carbonyl (C=O) groups is 1. The Hall–Kier alpha value is -0.460. The molecule has 0 bridgehead atoms. The number of aliphatic hydroxyl groups excluding tert-OH is 1. The molecule has 4 saturated carbocycles. The van der Waals surface area contributed by atoms with Crippen LogP contribution in [-0.4, -0.2) is 38.1 Å². The summed E-state index contributed by atoms with van der Waals surface area (Å²) in [6, 6.07) is -0.234. The van der Waals surface area contributed by atoms with Gasteiger partial charge in [0.1, 0.15) is 0 Å². The summed E-state index contributed by atoms with van der Waals surface area (Å²) in [5.41, 5.74) is 0.205. The molecule has 0 radical (unpaired) electrons. The van der Waals surface area contributed by atoms with Gasteiger partial charge in [-0.25, -0.2) is 9.65 Å². The summed E-state index contributed by atoms with van der Waals surface area (Å²) in [6.45, 7) is 6.94. The predicted molar refractivity (Wildman–Crippen MR) is 122 cm³/mol.